The van der Waals surface area contributed by atoms with Gasteiger partial charge >= 0.3 is 0 Å². The quantitative estimate of drug-likeness (QED) is 0.802. The number of primary amides is 1. The lowest BCUT2D eigenvalue weighted by molar-refractivity contribution is -0.128. The van der Waals surface area contributed by atoms with Crippen molar-refractivity contribution in [3.05, 3.63) is 28.2 Å². The molecule has 2 unspecified atom stereocenters. The van der Waals surface area contributed by atoms with Gasteiger partial charge in [0.25, 0.3) is 0 Å². The van der Waals surface area contributed by atoms with Crippen LogP contribution in [0.5, 0.6) is 5.75 Å². The zero-order valence-electron chi connectivity index (χ0n) is 10.6. The summed E-state index contributed by atoms with van der Waals surface area (Å²) in [5, 5.41) is 2.57. The average molecular weight is 337 g/mol. The summed E-state index contributed by atoms with van der Waals surface area (Å²) in [5.74, 6) is 1.55. The van der Waals surface area contributed by atoms with Crippen LogP contribution < -0.4 is 15.8 Å². The molecule has 20 heavy (non-hydrogen) atoms. The number of terminal acetylenes is 1. The van der Waals surface area contributed by atoms with E-state index < -0.39 is 17.9 Å². The molecule has 2 atom stereocenters. The summed E-state index contributed by atoms with van der Waals surface area (Å²) >= 11 is 3.35. The standard InChI is InChI=1S/C14H13BrN2O3/c1-2-3-11(13(16)18)17-14(19)10-7-20-12-5-4-8(15)6-9(10)12/h1,4-6,10-11H,3,7H2,(H2,16,18)(H,17,19). The molecule has 0 spiro atoms. The Labute approximate surface area is 125 Å². The molecule has 3 N–H and O–H groups in total. The molecular weight excluding hydrogens is 324 g/mol. The van der Waals surface area contributed by atoms with Crippen molar-refractivity contribution in [3.8, 4) is 18.1 Å². The van der Waals surface area contributed by atoms with E-state index in [0.29, 0.717) is 5.75 Å². The van der Waals surface area contributed by atoms with Crippen molar-refractivity contribution in [1.82, 2.24) is 5.32 Å². The molecule has 0 bridgehead atoms. The second kappa shape index (κ2) is 5.97. The first-order valence-electron chi connectivity index (χ1n) is 5.98. The van der Waals surface area contributed by atoms with Crippen molar-refractivity contribution in [3.63, 3.8) is 0 Å². The Morgan fingerprint density at radius 1 is 1.60 bits per heavy atom. The molecule has 1 aliphatic rings. The number of amides is 2. The van der Waals surface area contributed by atoms with Crippen molar-refractivity contribution < 1.29 is 14.3 Å². The highest BCUT2D eigenvalue weighted by atomic mass is 79.9. The second-order valence-electron chi connectivity index (χ2n) is 4.42. The van der Waals surface area contributed by atoms with Gasteiger partial charge in [0.2, 0.25) is 11.8 Å². The third-order valence-electron chi connectivity index (χ3n) is 3.05. The number of nitrogens with two attached hydrogens (primary N) is 1. The maximum Gasteiger partial charge on any atom is 0.240 e. The smallest absolute Gasteiger partial charge is 0.240 e. The van der Waals surface area contributed by atoms with Gasteiger partial charge in [-0.3, -0.25) is 9.59 Å². The van der Waals surface area contributed by atoms with Gasteiger partial charge in [-0.05, 0) is 18.2 Å². The van der Waals surface area contributed by atoms with Gasteiger partial charge in [0.1, 0.15) is 24.3 Å². The summed E-state index contributed by atoms with van der Waals surface area (Å²) in [5.41, 5.74) is 5.98. The molecule has 0 aromatic heterocycles. The molecule has 0 fully saturated rings. The minimum absolute atomic E-state index is 0.0694. The summed E-state index contributed by atoms with van der Waals surface area (Å²) in [6, 6.07) is 4.60. The number of hydrogen-bond donors (Lipinski definition) is 2. The van der Waals surface area contributed by atoms with Crippen LogP contribution in [0.2, 0.25) is 0 Å². The van der Waals surface area contributed by atoms with Crippen molar-refractivity contribution in [2.24, 2.45) is 5.73 Å². The average Bonchev–Trinajstić information content (AvgIpc) is 2.80. The molecule has 0 saturated heterocycles. The van der Waals surface area contributed by atoms with Gasteiger partial charge in [-0.25, -0.2) is 0 Å². The molecule has 2 amide bonds. The molecule has 5 nitrogen and oxygen atoms in total. The number of nitrogens with one attached hydrogen (secondary N) is 1. The van der Waals surface area contributed by atoms with Crippen molar-refractivity contribution >= 4 is 27.7 Å². The molecular formula is C14H13BrN2O3. The lowest BCUT2D eigenvalue weighted by Gasteiger charge is -2.15. The Bertz CT molecular complexity index is 595. The van der Waals surface area contributed by atoms with Gasteiger partial charge in [0, 0.05) is 16.5 Å². The molecule has 1 aromatic carbocycles. The van der Waals surface area contributed by atoms with Crippen molar-refractivity contribution in [2.75, 3.05) is 6.61 Å². The fourth-order valence-corrected chi connectivity index (χ4v) is 2.39. The number of benzene rings is 1. The minimum Gasteiger partial charge on any atom is -0.492 e. The second-order valence-corrected chi connectivity index (χ2v) is 5.33. The van der Waals surface area contributed by atoms with Gasteiger partial charge in [-0.2, -0.15) is 0 Å². The third kappa shape index (κ3) is 2.94. The Hall–Kier alpha value is -2.00. The molecule has 0 aliphatic carbocycles. The van der Waals surface area contributed by atoms with E-state index in [2.05, 4.69) is 27.2 Å². The third-order valence-corrected chi connectivity index (χ3v) is 3.54. The number of rotatable bonds is 4. The van der Waals surface area contributed by atoms with Crippen LogP contribution in [0.4, 0.5) is 0 Å². The normalized spacial score (nSPS) is 17.5. The maximum atomic E-state index is 12.2. The summed E-state index contributed by atoms with van der Waals surface area (Å²) in [4.78, 5) is 23.4. The van der Waals surface area contributed by atoms with E-state index >= 15 is 0 Å². The highest BCUT2D eigenvalue weighted by Crippen LogP contribution is 2.35. The Morgan fingerprint density at radius 2 is 2.35 bits per heavy atom. The number of fused-ring (bicyclic) bond motifs is 1. The molecule has 1 aliphatic heterocycles. The summed E-state index contributed by atoms with van der Waals surface area (Å²) < 4.78 is 6.31. The van der Waals surface area contributed by atoms with E-state index in [1.54, 1.807) is 6.07 Å². The molecule has 2 rings (SSSR count). The molecule has 0 saturated carbocycles. The monoisotopic (exact) mass is 336 g/mol. The fourth-order valence-electron chi connectivity index (χ4n) is 2.02. The number of hydrogen-bond acceptors (Lipinski definition) is 3. The first-order valence-corrected chi connectivity index (χ1v) is 6.77. The van der Waals surface area contributed by atoms with Crippen LogP contribution in [0.3, 0.4) is 0 Å². The zero-order valence-corrected chi connectivity index (χ0v) is 12.1. The molecule has 1 aromatic rings. The van der Waals surface area contributed by atoms with E-state index in [4.69, 9.17) is 16.9 Å². The van der Waals surface area contributed by atoms with Gasteiger partial charge in [-0.15, -0.1) is 12.3 Å². The minimum atomic E-state index is -0.858. The van der Waals surface area contributed by atoms with E-state index in [1.807, 2.05) is 12.1 Å². The van der Waals surface area contributed by atoms with E-state index in [-0.39, 0.29) is 18.9 Å². The summed E-state index contributed by atoms with van der Waals surface area (Å²) in [6.07, 6.45) is 5.22. The van der Waals surface area contributed by atoms with E-state index in [0.717, 1.165) is 10.0 Å². The Balaban J connectivity index is 2.14. The van der Waals surface area contributed by atoms with E-state index in [9.17, 15) is 9.59 Å². The highest BCUT2D eigenvalue weighted by molar-refractivity contribution is 9.10. The summed E-state index contributed by atoms with van der Waals surface area (Å²) in [7, 11) is 0. The Kier molecular flexibility index (Phi) is 4.30. The van der Waals surface area contributed by atoms with Crippen LogP contribution in [0.15, 0.2) is 22.7 Å². The van der Waals surface area contributed by atoms with E-state index in [1.165, 1.54) is 0 Å². The van der Waals surface area contributed by atoms with Crippen molar-refractivity contribution in [2.45, 2.75) is 18.4 Å². The first-order chi connectivity index (χ1) is 9.52. The van der Waals surface area contributed by atoms with Gasteiger partial charge in [0.05, 0.1) is 0 Å². The predicted molar refractivity (Wildman–Crippen MR) is 77.0 cm³/mol. The largest absolute Gasteiger partial charge is 0.492 e. The molecule has 104 valence electrons. The van der Waals surface area contributed by atoms with Crippen LogP contribution in [0.25, 0.3) is 0 Å². The number of carbonyl (C=O) groups is 2. The molecule has 0 radical (unpaired) electrons. The lowest BCUT2D eigenvalue weighted by atomic mass is 10.00. The predicted octanol–water partition coefficient (Wildman–Crippen LogP) is 0.919. The Morgan fingerprint density at radius 3 is 3.00 bits per heavy atom. The van der Waals surface area contributed by atoms with Gasteiger partial charge in [0.15, 0.2) is 0 Å². The van der Waals surface area contributed by atoms with Crippen LogP contribution in [0.1, 0.15) is 17.9 Å². The first kappa shape index (κ1) is 14.4. The highest BCUT2D eigenvalue weighted by Gasteiger charge is 2.32. The maximum absolute atomic E-state index is 12.2. The lowest BCUT2D eigenvalue weighted by Crippen LogP contribution is -2.46. The number of halogens is 1. The topological polar surface area (TPSA) is 81.4 Å². The summed E-state index contributed by atoms with van der Waals surface area (Å²) in [6.45, 7) is 0.235. The fraction of sp³-hybridized carbons (Fsp3) is 0.286. The zero-order chi connectivity index (χ0) is 14.7. The number of carbonyl (C=O) groups excluding carboxylic acids is 2. The van der Waals surface area contributed by atoms with Gasteiger partial charge in [-0.1, -0.05) is 15.9 Å². The van der Waals surface area contributed by atoms with Gasteiger partial charge < -0.3 is 15.8 Å². The SMILES string of the molecule is C#CCC(NC(=O)C1COc2ccc(Br)cc21)C(N)=O. The van der Waals surface area contributed by atoms with Crippen LogP contribution in [-0.4, -0.2) is 24.5 Å². The molecule has 6 heteroatoms. The van der Waals surface area contributed by atoms with Crippen LogP contribution in [0, 0.1) is 12.3 Å². The van der Waals surface area contributed by atoms with Crippen LogP contribution in [-0.2, 0) is 9.59 Å². The molecule has 1 heterocycles. The number of ether oxygens (including phenoxy) is 1. The van der Waals surface area contributed by atoms with Crippen LogP contribution >= 0.6 is 15.9 Å². The van der Waals surface area contributed by atoms with Crippen molar-refractivity contribution in [1.29, 1.82) is 0 Å².